The summed E-state index contributed by atoms with van der Waals surface area (Å²) in [6.45, 7) is 5.59. The van der Waals surface area contributed by atoms with Gasteiger partial charge in [-0.15, -0.1) is 0 Å². The summed E-state index contributed by atoms with van der Waals surface area (Å²) in [7, 11) is 0. The van der Waals surface area contributed by atoms with Crippen LogP contribution >= 0.6 is 0 Å². The molecule has 0 radical (unpaired) electrons. The Hall–Kier alpha value is -4.11. The number of carbonyl (C=O) groups excluding carboxylic acids is 1. The molecule has 1 fully saturated rings. The SMILES string of the molecule is C[C@H](NC=O)c1ncc(C#N)cn1.Cc1c(C2(C)CC2)c(=O)[nH]c2ccc(F)c(C#N)c12. The van der Waals surface area contributed by atoms with Gasteiger partial charge < -0.3 is 10.3 Å². The van der Waals surface area contributed by atoms with Gasteiger partial charge in [0.2, 0.25) is 6.41 Å². The van der Waals surface area contributed by atoms with Crippen LogP contribution in [0.5, 0.6) is 0 Å². The summed E-state index contributed by atoms with van der Waals surface area (Å²) in [5.74, 6) is -0.0526. The Morgan fingerprint density at radius 2 is 1.91 bits per heavy atom. The molecule has 1 aliphatic rings. The van der Waals surface area contributed by atoms with Crippen LogP contribution in [0.15, 0.2) is 29.3 Å². The van der Waals surface area contributed by atoms with Crippen LogP contribution in [-0.2, 0) is 10.2 Å². The molecule has 1 amide bonds. The molecule has 2 N–H and O–H groups in total. The van der Waals surface area contributed by atoms with E-state index < -0.39 is 5.82 Å². The van der Waals surface area contributed by atoms with E-state index in [0.29, 0.717) is 34.3 Å². The second-order valence-electron chi connectivity index (χ2n) is 7.92. The summed E-state index contributed by atoms with van der Waals surface area (Å²) in [6, 6.07) is 6.31. The Kier molecular flexibility index (Phi) is 6.31. The summed E-state index contributed by atoms with van der Waals surface area (Å²) < 4.78 is 13.7. The molecule has 0 unspecified atom stereocenters. The molecule has 0 spiro atoms. The number of aromatic amines is 1. The average molecular weight is 432 g/mol. The summed E-state index contributed by atoms with van der Waals surface area (Å²) in [6.07, 6.45) is 5.35. The molecule has 1 saturated carbocycles. The van der Waals surface area contributed by atoms with E-state index in [1.54, 1.807) is 13.8 Å². The van der Waals surface area contributed by atoms with Gasteiger partial charge in [-0.3, -0.25) is 9.59 Å². The number of fused-ring (bicyclic) bond motifs is 1. The number of H-pyrrole nitrogens is 1. The monoisotopic (exact) mass is 432 g/mol. The van der Waals surface area contributed by atoms with Crippen LogP contribution in [0.25, 0.3) is 10.9 Å². The minimum absolute atomic E-state index is 0.0109. The van der Waals surface area contributed by atoms with Gasteiger partial charge in [0.25, 0.3) is 5.56 Å². The maximum atomic E-state index is 13.7. The van der Waals surface area contributed by atoms with Crippen LogP contribution < -0.4 is 10.9 Å². The van der Waals surface area contributed by atoms with Gasteiger partial charge in [0.15, 0.2) is 0 Å². The van der Waals surface area contributed by atoms with Gasteiger partial charge in [-0.2, -0.15) is 10.5 Å². The van der Waals surface area contributed by atoms with Crippen molar-refractivity contribution >= 4 is 17.3 Å². The molecule has 1 aromatic carbocycles. The number of amides is 1. The van der Waals surface area contributed by atoms with Gasteiger partial charge >= 0.3 is 0 Å². The molecule has 0 saturated heterocycles. The van der Waals surface area contributed by atoms with Crippen LogP contribution in [-0.4, -0.2) is 21.4 Å². The Bertz CT molecular complexity index is 1310. The van der Waals surface area contributed by atoms with E-state index in [0.717, 1.165) is 18.4 Å². The van der Waals surface area contributed by atoms with Crippen LogP contribution in [0, 0.1) is 35.4 Å². The van der Waals surface area contributed by atoms with Gasteiger partial charge in [0.1, 0.15) is 23.8 Å². The summed E-state index contributed by atoms with van der Waals surface area (Å²) in [4.78, 5) is 32.9. The van der Waals surface area contributed by atoms with Crippen LogP contribution in [0.1, 0.15) is 60.8 Å². The van der Waals surface area contributed by atoms with E-state index in [4.69, 9.17) is 10.5 Å². The van der Waals surface area contributed by atoms with Crippen molar-refractivity contribution in [2.75, 3.05) is 0 Å². The molecular weight excluding hydrogens is 411 g/mol. The van der Waals surface area contributed by atoms with E-state index in [1.807, 2.05) is 19.1 Å². The van der Waals surface area contributed by atoms with Crippen molar-refractivity contribution < 1.29 is 9.18 Å². The zero-order valence-electron chi connectivity index (χ0n) is 17.9. The fourth-order valence-electron chi connectivity index (χ4n) is 3.62. The number of benzene rings is 1. The number of nitrogens with zero attached hydrogens (tertiary/aromatic N) is 4. The molecule has 2 heterocycles. The number of aryl methyl sites for hydroxylation is 1. The zero-order valence-corrected chi connectivity index (χ0v) is 17.9. The van der Waals surface area contributed by atoms with Gasteiger partial charge in [-0.05, 0) is 49.8 Å². The number of rotatable bonds is 4. The van der Waals surface area contributed by atoms with Crippen molar-refractivity contribution in [3.63, 3.8) is 0 Å². The fourth-order valence-corrected chi connectivity index (χ4v) is 3.62. The summed E-state index contributed by atoms with van der Waals surface area (Å²) in [5, 5.41) is 20.6. The third-order valence-electron chi connectivity index (χ3n) is 5.60. The van der Waals surface area contributed by atoms with Crippen molar-refractivity contribution in [1.29, 1.82) is 10.5 Å². The Morgan fingerprint density at radius 1 is 1.25 bits per heavy atom. The standard InChI is InChI=1S/C15H13FN2O.C8H8N4O/c1-8-12-9(7-17)10(16)3-4-11(12)18-14(19)13(8)15(2)5-6-15;1-6(12-5-13)8-10-3-7(2-9)4-11-8/h3-4H,5-6H2,1-2H3,(H,18,19);3-6H,1H3,(H,12,13)/t;6-/m.0/s1. The van der Waals surface area contributed by atoms with Crippen LogP contribution in [0.3, 0.4) is 0 Å². The highest BCUT2D eigenvalue weighted by Gasteiger charge is 2.42. The molecule has 32 heavy (non-hydrogen) atoms. The third kappa shape index (κ3) is 4.33. The molecule has 162 valence electrons. The highest BCUT2D eigenvalue weighted by atomic mass is 19.1. The molecule has 1 atom stereocenters. The Morgan fingerprint density at radius 3 is 2.44 bits per heavy atom. The van der Waals surface area contributed by atoms with Gasteiger partial charge in [-0.25, -0.2) is 14.4 Å². The molecule has 3 aromatic rings. The van der Waals surface area contributed by atoms with Gasteiger partial charge in [-0.1, -0.05) is 6.92 Å². The molecule has 0 bridgehead atoms. The quantitative estimate of drug-likeness (QED) is 0.608. The topological polar surface area (TPSA) is 135 Å². The lowest BCUT2D eigenvalue weighted by atomic mass is 9.91. The molecule has 0 aliphatic heterocycles. The second-order valence-corrected chi connectivity index (χ2v) is 7.92. The largest absolute Gasteiger partial charge is 0.349 e. The Balaban J connectivity index is 0.000000195. The Labute approximate surface area is 183 Å². The van der Waals surface area contributed by atoms with E-state index in [2.05, 4.69) is 20.3 Å². The molecule has 2 aromatic heterocycles. The second kappa shape index (κ2) is 8.94. The number of hydrogen-bond donors (Lipinski definition) is 2. The van der Waals surface area contributed by atoms with E-state index in [1.165, 1.54) is 24.5 Å². The maximum absolute atomic E-state index is 13.7. The number of carbonyl (C=O) groups is 1. The zero-order chi connectivity index (χ0) is 23.5. The van der Waals surface area contributed by atoms with Crippen LogP contribution in [0.4, 0.5) is 4.39 Å². The predicted octanol–water partition coefficient (Wildman–Crippen LogP) is 3.05. The highest BCUT2D eigenvalue weighted by molar-refractivity contribution is 5.89. The normalized spacial score (nSPS) is 14.3. The molecular formula is C23H21FN6O2. The first-order valence-corrected chi connectivity index (χ1v) is 9.93. The molecule has 1 aliphatic carbocycles. The lowest BCUT2D eigenvalue weighted by molar-refractivity contribution is -0.110. The van der Waals surface area contributed by atoms with Crippen molar-refractivity contribution in [1.82, 2.24) is 20.3 Å². The van der Waals surface area contributed by atoms with Gasteiger partial charge in [0.05, 0.1) is 22.7 Å². The van der Waals surface area contributed by atoms with E-state index >= 15 is 0 Å². The molecule has 8 nitrogen and oxygen atoms in total. The highest BCUT2D eigenvalue weighted by Crippen LogP contribution is 2.48. The predicted molar refractivity (Wildman–Crippen MR) is 115 cm³/mol. The first-order valence-electron chi connectivity index (χ1n) is 9.93. The summed E-state index contributed by atoms with van der Waals surface area (Å²) >= 11 is 0. The summed E-state index contributed by atoms with van der Waals surface area (Å²) in [5.41, 5.74) is 2.12. The lowest BCUT2D eigenvalue weighted by Gasteiger charge is -2.14. The minimum Gasteiger partial charge on any atom is -0.349 e. The van der Waals surface area contributed by atoms with Crippen molar-refractivity contribution in [2.24, 2.45) is 0 Å². The maximum Gasteiger partial charge on any atom is 0.252 e. The van der Waals surface area contributed by atoms with E-state index in [9.17, 15) is 14.0 Å². The van der Waals surface area contributed by atoms with E-state index in [-0.39, 0.29) is 22.6 Å². The number of hydrogen-bond acceptors (Lipinski definition) is 6. The van der Waals surface area contributed by atoms with Gasteiger partial charge in [0, 0.05) is 23.3 Å². The lowest BCUT2D eigenvalue weighted by Crippen LogP contribution is -2.21. The van der Waals surface area contributed by atoms with Crippen molar-refractivity contribution in [3.8, 4) is 12.1 Å². The molecule has 4 rings (SSSR count). The van der Waals surface area contributed by atoms with Crippen LogP contribution in [0.2, 0.25) is 0 Å². The third-order valence-corrected chi connectivity index (χ3v) is 5.60. The molecule has 9 heteroatoms. The minimum atomic E-state index is -0.544. The first-order chi connectivity index (χ1) is 15.3. The fraction of sp³-hybridized carbons (Fsp3) is 0.304. The number of halogens is 1. The first kappa shape index (κ1) is 22.6. The number of pyridine rings is 1. The van der Waals surface area contributed by atoms with Crippen molar-refractivity contribution in [3.05, 3.63) is 68.8 Å². The number of aromatic nitrogens is 3. The number of nitriles is 2. The van der Waals surface area contributed by atoms with Crippen molar-refractivity contribution in [2.45, 2.75) is 45.1 Å². The average Bonchev–Trinajstić information content (AvgIpc) is 3.52. The number of nitrogens with one attached hydrogen (secondary N) is 2. The smallest absolute Gasteiger partial charge is 0.252 e.